The molecular formula is C9H20N2O2. The van der Waals surface area contributed by atoms with Crippen molar-refractivity contribution < 1.29 is 9.90 Å². The molecule has 0 heterocycles. The van der Waals surface area contributed by atoms with Gasteiger partial charge in [0.2, 0.25) is 5.91 Å². The summed E-state index contributed by atoms with van der Waals surface area (Å²) in [4.78, 5) is 13.0. The highest BCUT2D eigenvalue weighted by Crippen LogP contribution is 2.04. The molecule has 4 heteroatoms. The molecule has 0 aromatic heterocycles. The van der Waals surface area contributed by atoms with Gasteiger partial charge in [-0.15, -0.1) is 0 Å². The van der Waals surface area contributed by atoms with E-state index in [1.165, 1.54) is 0 Å². The maximum absolute atomic E-state index is 11.0. The number of aliphatic hydroxyl groups is 1. The fourth-order valence-electron chi connectivity index (χ4n) is 1.45. The van der Waals surface area contributed by atoms with E-state index in [4.69, 9.17) is 10.8 Å². The third-order valence-electron chi connectivity index (χ3n) is 2.17. The van der Waals surface area contributed by atoms with E-state index >= 15 is 0 Å². The fourth-order valence-corrected chi connectivity index (χ4v) is 1.45. The molecule has 1 unspecified atom stereocenters. The van der Waals surface area contributed by atoms with Gasteiger partial charge >= 0.3 is 0 Å². The van der Waals surface area contributed by atoms with Crippen molar-refractivity contribution in [1.29, 1.82) is 0 Å². The highest BCUT2D eigenvalue weighted by Gasteiger charge is 2.19. The lowest BCUT2D eigenvalue weighted by molar-refractivity contribution is -0.123. The summed E-state index contributed by atoms with van der Waals surface area (Å²) in [6, 6.07) is -0.184. The maximum Gasteiger partial charge on any atom is 0.234 e. The van der Waals surface area contributed by atoms with Crippen LogP contribution in [-0.2, 0) is 4.79 Å². The lowest BCUT2D eigenvalue weighted by Crippen LogP contribution is -2.44. The van der Waals surface area contributed by atoms with Gasteiger partial charge in [0, 0.05) is 13.2 Å². The molecule has 3 N–H and O–H groups in total. The average molecular weight is 188 g/mol. The number of carbonyl (C=O) groups excluding carboxylic acids is 1. The van der Waals surface area contributed by atoms with Crippen molar-refractivity contribution in [2.45, 2.75) is 32.7 Å². The molecule has 0 aromatic carbocycles. The van der Waals surface area contributed by atoms with E-state index in [0.717, 1.165) is 19.5 Å². The minimum atomic E-state index is -0.276. The van der Waals surface area contributed by atoms with Crippen molar-refractivity contribution in [3.05, 3.63) is 0 Å². The van der Waals surface area contributed by atoms with Crippen LogP contribution in [0, 0.1) is 0 Å². The van der Waals surface area contributed by atoms with Crippen LogP contribution in [-0.4, -0.2) is 41.7 Å². The molecule has 0 aromatic rings. The van der Waals surface area contributed by atoms with E-state index in [9.17, 15) is 4.79 Å². The van der Waals surface area contributed by atoms with Crippen molar-refractivity contribution >= 4 is 5.91 Å². The Labute approximate surface area is 79.7 Å². The normalized spacial score (nSPS) is 13.2. The van der Waals surface area contributed by atoms with Gasteiger partial charge in [-0.3, -0.25) is 9.69 Å². The molecular weight excluding hydrogens is 168 g/mol. The Balaban J connectivity index is 4.08. The van der Waals surface area contributed by atoms with Gasteiger partial charge in [0.15, 0.2) is 0 Å². The molecule has 0 aliphatic carbocycles. The van der Waals surface area contributed by atoms with Gasteiger partial charge in [-0.1, -0.05) is 13.8 Å². The molecule has 0 aliphatic heterocycles. The van der Waals surface area contributed by atoms with Gasteiger partial charge in [0.25, 0.3) is 0 Å². The van der Waals surface area contributed by atoms with Crippen LogP contribution in [0.15, 0.2) is 0 Å². The Bertz CT molecular complexity index is 151. The van der Waals surface area contributed by atoms with Crippen molar-refractivity contribution in [3.8, 4) is 0 Å². The number of nitrogens with two attached hydrogens (primary N) is 1. The van der Waals surface area contributed by atoms with Gasteiger partial charge in [-0.25, -0.2) is 0 Å². The molecule has 0 saturated heterocycles. The summed E-state index contributed by atoms with van der Waals surface area (Å²) in [7, 11) is 0. The minimum Gasteiger partial charge on any atom is -0.396 e. The van der Waals surface area contributed by atoms with Crippen LogP contribution in [0.3, 0.4) is 0 Å². The second-order valence-electron chi connectivity index (χ2n) is 3.03. The highest BCUT2D eigenvalue weighted by molar-refractivity contribution is 5.79. The number of primary amides is 1. The second kappa shape index (κ2) is 6.86. The Morgan fingerprint density at radius 3 is 2.46 bits per heavy atom. The molecule has 1 atom stereocenters. The first kappa shape index (κ1) is 12.4. The van der Waals surface area contributed by atoms with Gasteiger partial charge in [0.05, 0.1) is 6.04 Å². The number of hydrogen-bond donors (Lipinski definition) is 2. The number of likely N-dealkylation sites (N-methyl/N-ethyl adjacent to an activating group) is 1. The highest BCUT2D eigenvalue weighted by atomic mass is 16.3. The van der Waals surface area contributed by atoms with Crippen LogP contribution in [0.5, 0.6) is 0 Å². The predicted octanol–water partition coefficient (Wildman–Crippen LogP) is -0.0454. The number of hydrogen-bond acceptors (Lipinski definition) is 3. The van der Waals surface area contributed by atoms with E-state index in [1.807, 2.05) is 18.7 Å². The zero-order chi connectivity index (χ0) is 10.3. The molecule has 13 heavy (non-hydrogen) atoms. The second-order valence-corrected chi connectivity index (χ2v) is 3.03. The average Bonchev–Trinajstić information content (AvgIpc) is 2.11. The predicted molar refractivity (Wildman–Crippen MR) is 52.2 cm³/mol. The van der Waals surface area contributed by atoms with Gasteiger partial charge < -0.3 is 10.8 Å². The molecule has 0 spiro atoms. The number of aliphatic hydroxyl groups excluding tert-OH is 1. The van der Waals surface area contributed by atoms with Gasteiger partial charge in [-0.2, -0.15) is 0 Å². The summed E-state index contributed by atoms with van der Waals surface area (Å²) in [6.07, 6.45) is 1.42. The largest absolute Gasteiger partial charge is 0.396 e. The first-order chi connectivity index (χ1) is 6.17. The molecule has 0 aliphatic rings. The van der Waals surface area contributed by atoms with Crippen molar-refractivity contribution in [1.82, 2.24) is 4.90 Å². The third kappa shape index (κ3) is 4.24. The van der Waals surface area contributed by atoms with Crippen molar-refractivity contribution in [3.63, 3.8) is 0 Å². The summed E-state index contributed by atoms with van der Waals surface area (Å²) in [5.74, 6) is -0.276. The van der Waals surface area contributed by atoms with E-state index in [1.54, 1.807) is 0 Å². The zero-order valence-electron chi connectivity index (χ0n) is 8.49. The van der Waals surface area contributed by atoms with Crippen LogP contribution in [0.2, 0.25) is 0 Å². The van der Waals surface area contributed by atoms with E-state index in [0.29, 0.717) is 6.42 Å². The van der Waals surface area contributed by atoms with E-state index < -0.39 is 0 Å². The first-order valence-electron chi connectivity index (χ1n) is 4.81. The molecule has 0 radical (unpaired) electrons. The Kier molecular flexibility index (Phi) is 6.54. The summed E-state index contributed by atoms with van der Waals surface area (Å²) in [5, 5.41) is 8.66. The zero-order valence-corrected chi connectivity index (χ0v) is 8.49. The molecule has 0 saturated carbocycles. The number of amides is 1. The quantitative estimate of drug-likeness (QED) is 0.589. The first-order valence-corrected chi connectivity index (χ1v) is 4.81. The maximum atomic E-state index is 11.0. The van der Waals surface area contributed by atoms with Crippen LogP contribution in [0.1, 0.15) is 26.7 Å². The van der Waals surface area contributed by atoms with Crippen LogP contribution < -0.4 is 5.73 Å². The Morgan fingerprint density at radius 2 is 2.15 bits per heavy atom. The topological polar surface area (TPSA) is 66.6 Å². The molecule has 0 fully saturated rings. The molecule has 0 bridgehead atoms. The fraction of sp³-hybridized carbons (Fsp3) is 0.889. The summed E-state index contributed by atoms with van der Waals surface area (Å²) >= 11 is 0. The number of nitrogens with zero attached hydrogens (tertiary/aromatic N) is 1. The summed E-state index contributed by atoms with van der Waals surface area (Å²) in [6.45, 7) is 5.61. The van der Waals surface area contributed by atoms with Crippen molar-refractivity contribution in [2.75, 3.05) is 19.7 Å². The van der Waals surface area contributed by atoms with Gasteiger partial charge in [0.1, 0.15) is 0 Å². The standard InChI is InChI=1S/C9H20N2O2/c1-3-8(9(10)13)11(4-2)6-5-7-12/h8,12H,3-7H2,1-2H3,(H2,10,13). The van der Waals surface area contributed by atoms with Crippen LogP contribution in [0.4, 0.5) is 0 Å². The Morgan fingerprint density at radius 1 is 1.54 bits per heavy atom. The minimum absolute atomic E-state index is 0.158. The van der Waals surface area contributed by atoms with E-state index in [2.05, 4.69) is 0 Å². The lowest BCUT2D eigenvalue weighted by Gasteiger charge is -2.27. The van der Waals surface area contributed by atoms with Crippen LogP contribution in [0.25, 0.3) is 0 Å². The molecule has 78 valence electrons. The molecule has 4 nitrogen and oxygen atoms in total. The smallest absolute Gasteiger partial charge is 0.234 e. The summed E-state index contributed by atoms with van der Waals surface area (Å²) < 4.78 is 0. The van der Waals surface area contributed by atoms with Crippen molar-refractivity contribution in [2.24, 2.45) is 5.73 Å². The molecule has 1 amide bonds. The Hall–Kier alpha value is -0.610. The third-order valence-corrected chi connectivity index (χ3v) is 2.17. The van der Waals surface area contributed by atoms with Gasteiger partial charge in [-0.05, 0) is 19.4 Å². The monoisotopic (exact) mass is 188 g/mol. The number of carbonyl (C=O) groups is 1. The summed E-state index contributed by atoms with van der Waals surface area (Å²) in [5.41, 5.74) is 5.25. The lowest BCUT2D eigenvalue weighted by atomic mass is 10.1. The molecule has 0 rings (SSSR count). The SMILES string of the molecule is CCC(C(N)=O)N(CC)CCCO. The van der Waals surface area contributed by atoms with E-state index in [-0.39, 0.29) is 18.6 Å². The number of rotatable bonds is 7. The van der Waals surface area contributed by atoms with Crippen LogP contribution >= 0.6 is 0 Å².